The lowest BCUT2D eigenvalue weighted by molar-refractivity contribution is -0.118. The number of hydrogen-bond donors (Lipinski definition) is 1. The van der Waals surface area contributed by atoms with Gasteiger partial charge in [-0.05, 0) is 54.6 Å². The molecule has 0 aliphatic heterocycles. The van der Waals surface area contributed by atoms with Crippen molar-refractivity contribution in [2.75, 3.05) is 27.1 Å². The summed E-state index contributed by atoms with van der Waals surface area (Å²) in [5.41, 5.74) is 4.09. The minimum atomic E-state index is -0.359. The van der Waals surface area contributed by atoms with Gasteiger partial charge in [0.25, 0.3) is 11.5 Å². The Kier molecular flexibility index (Phi) is 7.86. The average Bonchev–Trinajstić information content (AvgIpc) is 2.92. The molecule has 184 valence electrons. The summed E-state index contributed by atoms with van der Waals surface area (Å²) in [5.74, 6) is 1.53. The molecule has 0 fully saturated rings. The third kappa shape index (κ3) is 5.49. The Morgan fingerprint density at radius 1 is 1.00 bits per heavy atom. The highest BCUT2D eigenvalue weighted by Crippen LogP contribution is 2.24. The maximum Gasteiger partial charge on any atom is 0.266 e. The summed E-state index contributed by atoms with van der Waals surface area (Å²) in [6.07, 6.45) is 1.48. The van der Waals surface area contributed by atoms with Crippen LogP contribution in [0.15, 0.2) is 81.8 Å². The molecule has 1 amide bonds. The first kappa shape index (κ1) is 24.8. The zero-order valence-corrected chi connectivity index (χ0v) is 20.7. The number of carbonyl (C=O) groups excluding carboxylic acids is 1. The Labute approximate surface area is 211 Å². The molecule has 36 heavy (non-hydrogen) atoms. The van der Waals surface area contributed by atoms with Crippen molar-refractivity contribution >= 4 is 34.8 Å². The largest absolute Gasteiger partial charge is 0.497 e. The smallest absolute Gasteiger partial charge is 0.266 e. The number of ether oxygens (including phenoxy) is 3. The van der Waals surface area contributed by atoms with E-state index in [1.165, 1.54) is 10.8 Å². The van der Waals surface area contributed by atoms with Crippen molar-refractivity contribution in [1.82, 2.24) is 15.0 Å². The van der Waals surface area contributed by atoms with Gasteiger partial charge in [-0.15, -0.1) is 0 Å². The van der Waals surface area contributed by atoms with Crippen LogP contribution in [0, 0.1) is 0 Å². The number of methoxy groups -OCH3 is 3. The van der Waals surface area contributed by atoms with Crippen LogP contribution >= 0.6 is 11.8 Å². The van der Waals surface area contributed by atoms with E-state index in [0.717, 1.165) is 11.8 Å². The van der Waals surface area contributed by atoms with E-state index in [2.05, 4.69) is 15.5 Å². The summed E-state index contributed by atoms with van der Waals surface area (Å²) < 4.78 is 17.2. The highest BCUT2D eigenvalue weighted by atomic mass is 32.2. The van der Waals surface area contributed by atoms with E-state index in [1.54, 1.807) is 82.0 Å². The van der Waals surface area contributed by atoms with Gasteiger partial charge in [-0.2, -0.15) is 5.10 Å². The number of fused-ring (bicyclic) bond motifs is 1. The van der Waals surface area contributed by atoms with Gasteiger partial charge in [-0.3, -0.25) is 14.2 Å². The molecule has 4 rings (SSSR count). The minimum absolute atomic E-state index is 0.00643. The molecule has 0 unspecified atom stereocenters. The number of carbonyl (C=O) groups is 1. The molecule has 0 atom stereocenters. The number of nitrogens with one attached hydrogen (secondary N) is 1. The van der Waals surface area contributed by atoms with Crippen LogP contribution in [0.1, 0.15) is 5.56 Å². The number of hydrazone groups is 1. The standard InChI is InChI=1S/C26H24N4O5S/c1-33-19-10-8-18(9-11-19)30-25(32)21-6-4-5-7-22(21)28-26(30)36-16-24(31)29-27-15-17-14-20(34-2)12-13-23(17)35-3/h4-15H,16H2,1-3H3,(H,29,31)/b27-15-. The second-order valence-corrected chi connectivity index (χ2v) is 8.38. The Morgan fingerprint density at radius 3 is 2.44 bits per heavy atom. The summed E-state index contributed by atoms with van der Waals surface area (Å²) in [5, 5.41) is 4.90. The van der Waals surface area contributed by atoms with Gasteiger partial charge in [-0.25, -0.2) is 10.4 Å². The lowest BCUT2D eigenvalue weighted by Gasteiger charge is -2.13. The van der Waals surface area contributed by atoms with Gasteiger partial charge in [0.05, 0.1) is 49.9 Å². The molecular formula is C26H24N4O5S. The van der Waals surface area contributed by atoms with Crippen molar-refractivity contribution in [1.29, 1.82) is 0 Å². The van der Waals surface area contributed by atoms with Crippen LogP contribution in [0.25, 0.3) is 16.6 Å². The number of aromatic nitrogens is 2. The monoisotopic (exact) mass is 504 g/mol. The Balaban J connectivity index is 1.55. The molecular weight excluding hydrogens is 480 g/mol. The molecule has 10 heteroatoms. The minimum Gasteiger partial charge on any atom is -0.497 e. The number of thioether (sulfide) groups is 1. The van der Waals surface area contributed by atoms with Gasteiger partial charge in [0.2, 0.25) is 0 Å². The summed E-state index contributed by atoms with van der Waals surface area (Å²) >= 11 is 1.14. The predicted molar refractivity (Wildman–Crippen MR) is 140 cm³/mol. The van der Waals surface area contributed by atoms with Crippen molar-refractivity contribution < 1.29 is 19.0 Å². The molecule has 4 aromatic rings. The molecule has 9 nitrogen and oxygen atoms in total. The molecule has 1 N–H and O–H groups in total. The van der Waals surface area contributed by atoms with Gasteiger partial charge in [0.1, 0.15) is 17.2 Å². The number of para-hydroxylation sites is 1. The maximum atomic E-state index is 13.3. The first-order valence-corrected chi connectivity index (χ1v) is 11.9. The third-order valence-electron chi connectivity index (χ3n) is 5.24. The van der Waals surface area contributed by atoms with E-state index >= 15 is 0 Å². The lowest BCUT2D eigenvalue weighted by Crippen LogP contribution is -2.24. The van der Waals surface area contributed by atoms with Gasteiger partial charge >= 0.3 is 0 Å². The fraction of sp³-hybridized carbons (Fsp3) is 0.154. The predicted octanol–water partition coefficient (Wildman–Crippen LogP) is 3.65. The lowest BCUT2D eigenvalue weighted by atomic mass is 10.2. The molecule has 3 aromatic carbocycles. The quantitative estimate of drug-likeness (QED) is 0.161. The number of amides is 1. The van der Waals surface area contributed by atoms with Gasteiger partial charge in [0.15, 0.2) is 5.16 Å². The molecule has 0 saturated carbocycles. The molecule has 0 spiro atoms. The Morgan fingerprint density at radius 2 is 1.72 bits per heavy atom. The fourth-order valence-corrected chi connectivity index (χ4v) is 4.25. The second kappa shape index (κ2) is 11.4. The Bertz CT molecular complexity index is 1470. The van der Waals surface area contributed by atoms with Crippen molar-refractivity contribution in [2.45, 2.75) is 5.16 Å². The highest BCUT2D eigenvalue weighted by molar-refractivity contribution is 7.99. The van der Waals surface area contributed by atoms with Crippen molar-refractivity contribution in [2.24, 2.45) is 5.10 Å². The fourth-order valence-electron chi connectivity index (χ4n) is 3.44. The van der Waals surface area contributed by atoms with Gasteiger partial charge in [0, 0.05) is 5.56 Å². The zero-order chi connectivity index (χ0) is 25.5. The van der Waals surface area contributed by atoms with Crippen molar-refractivity contribution in [3.63, 3.8) is 0 Å². The summed E-state index contributed by atoms with van der Waals surface area (Å²) in [4.78, 5) is 30.5. The first-order valence-electron chi connectivity index (χ1n) is 10.9. The number of rotatable bonds is 9. The molecule has 0 saturated heterocycles. The summed E-state index contributed by atoms with van der Waals surface area (Å²) in [7, 11) is 4.69. The molecule has 0 aliphatic rings. The van der Waals surface area contributed by atoms with Crippen molar-refractivity contribution in [3.05, 3.63) is 82.6 Å². The average molecular weight is 505 g/mol. The first-order chi connectivity index (χ1) is 17.5. The molecule has 0 aliphatic carbocycles. The van der Waals surface area contributed by atoms with Gasteiger partial charge < -0.3 is 14.2 Å². The van der Waals surface area contributed by atoms with Crippen molar-refractivity contribution in [3.8, 4) is 22.9 Å². The highest BCUT2D eigenvalue weighted by Gasteiger charge is 2.15. The molecule has 0 radical (unpaired) electrons. The zero-order valence-electron chi connectivity index (χ0n) is 19.9. The van der Waals surface area contributed by atoms with Crippen LogP contribution in [-0.2, 0) is 4.79 Å². The van der Waals surface area contributed by atoms with E-state index in [1.807, 2.05) is 6.07 Å². The van der Waals surface area contributed by atoms with Crippen LogP contribution in [-0.4, -0.2) is 48.8 Å². The van der Waals surface area contributed by atoms with Gasteiger partial charge in [-0.1, -0.05) is 23.9 Å². The van der Waals surface area contributed by atoms with Crippen LogP contribution in [0.5, 0.6) is 17.2 Å². The normalized spacial score (nSPS) is 11.0. The van der Waals surface area contributed by atoms with E-state index < -0.39 is 0 Å². The van der Waals surface area contributed by atoms with E-state index in [9.17, 15) is 9.59 Å². The van der Waals surface area contributed by atoms with Crippen LogP contribution in [0.4, 0.5) is 0 Å². The SMILES string of the molecule is COc1ccc(-n2c(SCC(=O)N/N=C\c3cc(OC)ccc3OC)nc3ccccc3c2=O)cc1. The maximum absolute atomic E-state index is 13.3. The van der Waals surface area contributed by atoms with Crippen LogP contribution in [0.3, 0.4) is 0 Å². The molecule has 1 aromatic heterocycles. The number of hydrogen-bond acceptors (Lipinski definition) is 8. The third-order valence-corrected chi connectivity index (χ3v) is 6.18. The van der Waals surface area contributed by atoms with Crippen LogP contribution < -0.4 is 25.2 Å². The number of nitrogens with zero attached hydrogens (tertiary/aromatic N) is 3. The summed E-state index contributed by atoms with van der Waals surface area (Å²) in [6.45, 7) is 0. The van der Waals surface area contributed by atoms with E-state index in [0.29, 0.717) is 44.6 Å². The molecule has 0 bridgehead atoms. The van der Waals surface area contributed by atoms with E-state index in [4.69, 9.17) is 14.2 Å². The summed E-state index contributed by atoms with van der Waals surface area (Å²) in [6, 6.07) is 19.4. The Hall–Kier alpha value is -4.31. The van der Waals surface area contributed by atoms with Crippen LogP contribution in [0.2, 0.25) is 0 Å². The number of benzene rings is 3. The topological polar surface area (TPSA) is 104 Å². The van der Waals surface area contributed by atoms with E-state index in [-0.39, 0.29) is 17.2 Å². The molecule has 1 heterocycles. The second-order valence-electron chi connectivity index (χ2n) is 7.44.